The lowest BCUT2D eigenvalue weighted by molar-refractivity contribution is 0.251. The van der Waals surface area contributed by atoms with Crippen molar-refractivity contribution in [3.8, 4) is 5.75 Å². The first-order valence-electron chi connectivity index (χ1n) is 6.35. The van der Waals surface area contributed by atoms with Crippen LogP contribution in [0.1, 0.15) is 42.0 Å². The Kier molecular flexibility index (Phi) is 2.91. The van der Waals surface area contributed by atoms with Crippen molar-refractivity contribution in [2.75, 3.05) is 6.61 Å². The minimum atomic E-state index is 0.475. The van der Waals surface area contributed by atoms with Gasteiger partial charge in [0.25, 0.3) is 0 Å². The summed E-state index contributed by atoms with van der Waals surface area (Å²) in [6, 6.07) is 3.38. The van der Waals surface area contributed by atoms with Crippen LogP contribution in [0.2, 0.25) is 0 Å². The number of aryl methyl sites for hydroxylation is 1. The zero-order chi connectivity index (χ0) is 12.0. The standard InChI is InChI=1S/C14H18BrNO/c1-8-7-12-13(9(2)14(8)15)11(5-6-17-12)16-10-3-4-10/h7,10-11,16H,3-6H2,1-2H3. The highest BCUT2D eigenvalue weighted by Crippen LogP contribution is 2.40. The Morgan fingerprint density at radius 2 is 2.06 bits per heavy atom. The van der Waals surface area contributed by atoms with Gasteiger partial charge in [-0.1, -0.05) is 15.9 Å². The van der Waals surface area contributed by atoms with Gasteiger partial charge in [-0.25, -0.2) is 0 Å². The molecule has 0 amide bonds. The molecule has 17 heavy (non-hydrogen) atoms. The summed E-state index contributed by atoms with van der Waals surface area (Å²) in [6.07, 6.45) is 3.75. The number of hydrogen-bond donors (Lipinski definition) is 1. The summed E-state index contributed by atoms with van der Waals surface area (Å²) in [6.45, 7) is 5.14. The third-order valence-electron chi connectivity index (χ3n) is 3.72. The molecule has 0 aromatic heterocycles. The van der Waals surface area contributed by atoms with Gasteiger partial charge < -0.3 is 10.1 Å². The van der Waals surface area contributed by atoms with Gasteiger partial charge >= 0.3 is 0 Å². The van der Waals surface area contributed by atoms with Crippen LogP contribution in [0, 0.1) is 13.8 Å². The normalized spacial score (nSPS) is 23.1. The van der Waals surface area contributed by atoms with E-state index in [9.17, 15) is 0 Å². The quantitative estimate of drug-likeness (QED) is 0.899. The van der Waals surface area contributed by atoms with Crippen LogP contribution < -0.4 is 10.1 Å². The fourth-order valence-electron chi connectivity index (χ4n) is 2.62. The lowest BCUT2D eigenvalue weighted by Gasteiger charge is -2.29. The number of ether oxygens (including phenoxy) is 1. The molecule has 0 bridgehead atoms. The zero-order valence-corrected chi connectivity index (χ0v) is 11.9. The molecule has 1 saturated carbocycles. The predicted molar refractivity (Wildman–Crippen MR) is 72.6 cm³/mol. The highest BCUT2D eigenvalue weighted by atomic mass is 79.9. The van der Waals surface area contributed by atoms with Crippen molar-refractivity contribution in [3.63, 3.8) is 0 Å². The predicted octanol–water partition coefficient (Wildman–Crippen LogP) is 3.64. The van der Waals surface area contributed by atoms with Crippen molar-refractivity contribution in [2.24, 2.45) is 0 Å². The van der Waals surface area contributed by atoms with Crippen LogP contribution in [-0.4, -0.2) is 12.6 Å². The average Bonchev–Trinajstić information content (AvgIpc) is 3.10. The molecule has 1 atom stereocenters. The molecular weight excluding hydrogens is 278 g/mol. The second-order valence-corrected chi connectivity index (χ2v) is 5.97. The van der Waals surface area contributed by atoms with Crippen molar-refractivity contribution in [1.29, 1.82) is 0 Å². The number of nitrogens with one attached hydrogen (secondary N) is 1. The van der Waals surface area contributed by atoms with Gasteiger partial charge in [-0.3, -0.25) is 0 Å². The van der Waals surface area contributed by atoms with E-state index in [-0.39, 0.29) is 0 Å². The Labute approximate surface area is 111 Å². The number of halogens is 1. The molecule has 0 spiro atoms. The summed E-state index contributed by atoms with van der Waals surface area (Å²) in [4.78, 5) is 0. The molecule has 3 rings (SSSR count). The van der Waals surface area contributed by atoms with E-state index in [0.717, 1.165) is 24.8 Å². The Morgan fingerprint density at radius 3 is 2.76 bits per heavy atom. The minimum absolute atomic E-state index is 0.475. The summed E-state index contributed by atoms with van der Waals surface area (Å²) < 4.78 is 7.04. The van der Waals surface area contributed by atoms with Crippen molar-refractivity contribution < 1.29 is 4.74 Å². The van der Waals surface area contributed by atoms with Gasteiger partial charge in [0.2, 0.25) is 0 Å². The first-order chi connectivity index (χ1) is 8.16. The maximum Gasteiger partial charge on any atom is 0.124 e. The van der Waals surface area contributed by atoms with Crippen molar-refractivity contribution in [1.82, 2.24) is 5.32 Å². The first-order valence-corrected chi connectivity index (χ1v) is 7.14. The SMILES string of the molecule is Cc1cc2c(c(C)c1Br)C(NC1CC1)CCO2. The molecule has 0 radical (unpaired) electrons. The largest absolute Gasteiger partial charge is 0.493 e. The molecule has 1 unspecified atom stereocenters. The van der Waals surface area contributed by atoms with Crippen molar-refractivity contribution in [3.05, 3.63) is 27.2 Å². The van der Waals surface area contributed by atoms with Gasteiger partial charge in [0.1, 0.15) is 5.75 Å². The third-order valence-corrected chi connectivity index (χ3v) is 4.94. The lowest BCUT2D eigenvalue weighted by Crippen LogP contribution is -2.29. The molecule has 1 aliphatic carbocycles. The van der Waals surface area contributed by atoms with Crippen LogP contribution >= 0.6 is 15.9 Å². The average molecular weight is 296 g/mol. The highest BCUT2D eigenvalue weighted by Gasteiger charge is 2.30. The second kappa shape index (κ2) is 4.29. The minimum Gasteiger partial charge on any atom is -0.493 e. The molecule has 1 N–H and O–H groups in total. The van der Waals surface area contributed by atoms with Gasteiger partial charge in [0, 0.05) is 28.5 Å². The van der Waals surface area contributed by atoms with Gasteiger partial charge in [-0.2, -0.15) is 0 Å². The van der Waals surface area contributed by atoms with E-state index in [1.54, 1.807) is 0 Å². The van der Waals surface area contributed by atoms with Crippen molar-refractivity contribution >= 4 is 15.9 Å². The van der Waals surface area contributed by atoms with Gasteiger partial charge in [-0.05, 0) is 43.9 Å². The summed E-state index contributed by atoms with van der Waals surface area (Å²) >= 11 is 3.68. The van der Waals surface area contributed by atoms with Crippen LogP contribution in [0.3, 0.4) is 0 Å². The maximum absolute atomic E-state index is 5.81. The van der Waals surface area contributed by atoms with Gasteiger partial charge in [0.05, 0.1) is 6.61 Å². The summed E-state index contributed by atoms with van der Waals surface area (Å²) in [5, 5.41) is 3.74. The van der Waals surface area contributed by atoms with E-state index in [0.29, 0.717) is 6.04 Å². The van der Waals surface area contributed by atoms with E-state index in [1.807, 2.05) is 0 Å². The van der Waals surface area contributed by atoms with Crippen LogP contribution in [0.15, 0.2) is 10.5 Å². The Morgan fingerprint density at radius 1 is 1.29 bits per heavy atom. The first kappa shape index (κ1) is 11.5. The lowest BCUT2D eigenvalue weighted by atomic mass is 9.94. The molecule has 1 aromatic carbocycles. The fraction of sp³-hybridized carbons (Fsp3) is 0.571. The molecule has 92 valence electrons. The topological polar surface area (TPSA) is 21.3 Å². The molecule has 0 saturated heterocycles. The smallest absolute Gasteiger partial charge is 0.124 e. The fourth-order valence-corrected chi connectivity index (χ4v) is 2.95. The number of hydrogen-bond acceptors (Lipinski definition) is 2. The molecule has 1 aliphatic heterocycles. The Bertz CT molecular complexity index is 454. The number of rotatable bonds is 2. The summed E-state index contributed by atoms with van der Waals surface area (Å²) in [5.41, 5.74) is 3.95. The van der Waals surface area contributed by atoms with E-state index < -0.39 is 0 Å². The molecule has 2 nitrogen and oxygen atoms in total. The number of fused-ring (bicyclic) bond motifs is 1. The van der Waals surface area contributed by atoms with Crippen LogP contribution in [0.4, 0.5) is 0 Å². The third kappa shape index (κ3) is 2.11. The van der Waals surface area contributed by atoms with Crippen LogP contribution in [0.25, 0.3) is 0 Å². The van der Waals surface area contributed by atoms with E-state index in [1.165, 1.54) is 34.0 Å². The number of benzene rings is 1. The second-order valence-electron chi connectivity index (χ2n) is 5.17. The molecule has 2 aliphatic rings. The molecule has 1 aromatic rings. The van der Waals surface area contributed by atoms with Crippen LogP contribution in [0.5, 0.6) is 5.75 Å². The molecule has 3 heteroatoms. The van der Waals surface area contributed by atoms with Crippen LogP contribution in [-0.2, 0) is 0 Å². The molecule has 1 fully saturated rings. The maximum atomic E-state index is 5.81. The van der Waals surface area contributed by atoms with E-state index >= 15 is 0 Å². The monoisotopic (exact) mass is 295 g/mol. The van der Waals surface area contributed by atoms with Gasteiger partial charge in [0.15, 0.2) is 0 Å². The molecule has 1 heterocycles. The summed E-state index contributed by atoms with van der Waals surface area (Å²) in [7, 11) is 0. The summed E-state index contributed by atoms with van der Waals surface area (Å²) in [5.74, 6) is 1.08. The van der Waals surface area contributed by atoms with Gasteiger partial charge in [-0.15, -0.1) is 0 Å². The van der Waals surface area contributed by atoms with E-state index in [4.69, 9.17) is 4.74 Å². The van der Waals surface area contributed by atoms with Crippen molar-refractivity contribution in [2.45, 2.75) is 45.2 Å². The molecular formula is C14H18BrNO. The highest BCUT2D eigenvalue weighted by molar-refractivity contribution is 9.10. The zero-order valence-electron chi connectivity index (χ0n) is 10.3. The Hall–Kier alpha value is -0.540. The van der Waals surface area contributed by atoms with E-state index in [2.05, 4.69) is 41.2 Å². The Balaban J connectivity index is 2.01.